The van der Waals surface area contributed by atoms with Crippen LogP contribution in [0.25, 0.3) is 11.1 Å². The monoisotopic (exact) mass is 568 g/mol. The number of carboxylic acid groups (broad SMARTS) is 1. The number of carbonyl (C=O) groups excluding carboxylic acids is 1. The molecule has 0 aliphatic carbocycles. The van der Waals surface area contributed by atoms with Crippen molar-refractivity contribution in [2.24, 2.45) is 0 Å². The normalized spacial score (nSPS) is 16.7. The number of carbonyl (C=O) groups is 2. The Kier molecular flexibility index (Phi) is 7.87. The van der Waals surface area contributed by atoms with E-state index in [2.05, 4.69) is 4.90 Å². The van der Waals surface area contributed by atoms with E-state index in [4.69, 9.17) is 25.8 Å². The predicted octanol–water partition coefficient (Wildman–Crippen LogP) is 6.24. The highest BCUT2D eigenvalue weighted by atomic mass is 35.5. The number of nitrogens with zero attached hydrogens (tertiary/aromatic N) is 2. The SMILES string of the molecule is CCOc1cc(CN2CCC3(CC2)CN(c2ccc(C(=O)O)cc2Cl)C(=O)O3)cc(OC)c1-c1ccc(F)cc1. The summed E-state index contributed by atoms with van der Waals surface area (Å²) in [6, 6.07) is 14.5. The summed E-state index contributed by atoms with van der Waals surface area (Å²) in [6.07, 6.45) is 0.799. The standard InChI is InChI=1S/C30H30ClFN2O6/c1-3-39-26-15-19(14-25(38-2)27(26)20-4-7-22(32)8-5-20)17-33-12-10-30(11-13-33)18-34(29(37)40-30)24-9-6-21(28(35)36)16-23(24)31/h4-9,14-16H,3,10-13,17-18H2,1-2H3,(H,35,36). The molecule has 1 amide bonds. The molecule has 0 aromatic heterocycles. The molecular formula is C30H30ClFN2O6. The molecule has 1 spiro atoms. The second-order valence-electron chi connectivity index (χ2n) is 10.00. The van der Waals surface area contributed by atoms with Gasteiger partial charge >= 0.3 is 12.1 Å². The number of anilines is 1. The fourth-order valence-electron chi connectivity index (χ4n) is 5.37. The zero-order valence-corrected chi connectivity index (χ0v) is 23.0. The summed E-state index contributed by atoms with van der Waals surface area (Å²) in [6.45, 7) is 4.80. The Morgan fingerprint density at radius 1 is 1.10 bits per heavy atom. The van der Waals surface area contributed by atoms with Crippen LogP contribution in [0.15, 0.2) is 54.6 Å². The second-order valence-corrected chi connectivity index (χ2v) is 10.4. The van der Waals surface area contributed by atoms with Gasteiger partial charge in [0.05, 0.1) is 42.1 Å². The van der Waals surface area contributed by atoms with Crippen LogP contribution in [0.4, 0.5) is 14.9 Å². The first-order valence-corrected chi connectivity index (χ1v) is 13.4. The van der Waals surface area contributed by atoms with Gasteiger partial charge in [-0.3, -0.25) is 9.80 Å². The minimum Gasteiger partial charge on any atom is -0.496 e. The van der Waals surface area contributed by atoms with E-state index in [-0.39, 0.29) is 16.4 Å². The van der Waals surface area contributed by atoms with Gasteiger partial charge in [0.15, 0.2) is 0 Å². The molecule has 3 aromatic rings. The van der Waals surface area contributed by atoms with Gasteiger partial charge in [-0.1, -0.05) is 23.7 Å². The summed E-state index contributed by atoms with van der Waals surface area (Å²) in [5.74, 6) is -0.0805. The van der Waals surface area contributed by atoms with Crippen LogP contribution < -0.4 is 14.4 Å². The highest BCUT2D eigenvalue weighted by molar-refractivity contribution is 6.34. The smallest absolute Gasteiger partial charge is 0.415 e. The van der Waals surface area contributed by atoms with Gasteiger partial charge in [0.1, 0.15) is 22.9 Å². The van der Waals surface area contributed by atoms with Gasteiger partial charge in [0.25, 0.3) is 0 Å². The molecule has 2 aliphatic rings. The molecule has 10 heteroatoms. The zero-order chi connectivity index (χ0) is 28.4. The summed E-state index contributed by atoms with van der Waals surface area (Å²) >= 11 is 6.32. The van der Waals surface area contributed by atoms with E-state index < -0.39 is 17.7 Å². The van der Waals surface area contributed by atoms with Crippen molar-refractivity contribution in [3.05, 3.63) is 76.6 Å². The number of aromatic carboxylic acids is 1. The molecule has 2 heterocycles. The lowest BCUT2D eigenvalue weighted by atomic mass is 9.91. The van der Waals surface area contributed by atoms with Crippen molar-refractivity contribution in [3.8, 4) is 22.6 Å². The van der Waals surface area contributed by atoms with Crippen LogP contribution in [0.3, 0.4) is 0 Å². The van der Waals surface area contributed by atoms with Crippen LogP contribution in [0.1, 0.15) is 35.7 Å². The lowest BCUT2D eigenvalue weighted by Crippen LogP contribution is -2.46. The Labute approximate surface area is 236 Å². The largest absolute Gasteiger partial charge is 0.496 e. The van der Waals surface area contributed by atoms with E-state index in [0.29, 0.717) is 62.8 Å². The van der Waals surface area contributed by atoms with E-state index >= 15 is 0 Å². The average Bonchev–Trinajstić information content (AvgIpc) is 3.25. The first kappa shape index (κ1) is 27.7. The van der Waals surface area contributed by atoms with Crippen molar-refractivity contribution in [1.82, 2.24) is 4.90 Å². The number of carboxylic acids is 1. The molecule has 2 aliphatic heterocycles. The Hall–Kier alpha value is -3.82. The number of amides is 1. The maximum Gasteiger partial charge on any atom is 0.415 e. The van der Waals surface area contributed by atoms with Crippen LogP contribution in [0.5, 0.6) is 11.5 Å². The van der Waals surface area contributed by atoms with Crippen LogP contribution in [0, 0.1) is 5.82 Å². The molecule has 3 aromatic carbocycles. The van der Waals surface area contributed by atoms with Gasteiger partial charge in [0.2, 0.25) is 0 Å². The summed E-state index contributed by atoms with van der Waals surface area (Å²) in [5.41, 5.74) is 2.45. The fraction of sp³-hybridized carbons (Fsp3) is 0.333. The van der Waals surface area contributed by atoms with Crippen molar-refractivity contribution in [3.63, 3.8) is 0 Å². The predicted molar refractivity (Wildman–Crippen MR) is 149 cm³/mol. The number of likely N-dealkylation sites (tertiary alicyclic amines) is 1. The van der Waals surface area contributed by atoms with Gasteiger partial charge in [-0.15, -0.1) is 0 Å². The minimum atomic E-state index is -1.09. The maximum atomic E-state index is 13.5. The Balaban J connectivity index is 1.29. The lowest BCUT2D eigenvalue weighted by Gasteiger charge is -2.37. The minimum absolute atomic E-state index is 0.0548. The third-order valence-electron chi connectivity index (χ3n) is 7.41. The molecule has 1 N–H and O–H groups in total. The maximum absolute atomic E-state index is 13.5. The summed E-state index contributed by atoms with van der Waals surface area (Å²) < 4.78 is 31.1. The number of piperidine rings is 1. The zero-order valence-electron chi connectivity index (χ0n) is 22.3. The number of rotatable bonds is 8. The Bertz CT molecular complexity index is 1420. The van der Waals surface area contributed by atoms with Crippen molar-refractivity contribution in [2.45, 2.75) is 31.9 Å². The highest BCUT2D eigenvalue weighted by Gasteiger charge is 2.47. The third kappa shape index (κ3) is 5.57. The molecule has 8 nitrogen and oxygen atoms in total. The second kappa shape index (κ2) is 11.3. The van der Waals surface area contributed by atoms with Crippen molar-refractivity contribution in [1.29, 1.82) is 0 Å². The molecule has 2 saturated heterocycles. The van der Waals surface area contributed by atoms with E-state index in [1.54, 1.807) is 25.3 Å². The molecule has 0 saturated carbocycles. The summed E-state index contributed by atoms with van der Waals surface area (Å²) in [4.78, 5) is 27.8. The molecule has 5 rings (SSSR count). The first-order chi connectivity index (χ1) is 19.2. The van der Waals surface area contributed by atoms with Gasteiger partial charge in [-0.2, -0.15) is 0 Å². The summed E-state index contributed by atoms with van der Waals surface area (Å²) in [7, 11) is 1.61. The number of benzene rings is 3. The number of hydrogen-bond donors (Lipinski definition) is 1. The Morgan fingerprint density at radius 2 is 1.80 bits per heavy atom. The number of hydrogen-bond acceptors (Lipinski definition) is 6. The van der Waals surface area contributed by atoms with Crippen molar-refractivity contribution >= 4 is 29.4 Å². The highest BCUT2D eigenvalue weighted by Crippen LogP contribution is 2.42. The van der Waals surface area contributed by atoms with E-state index in [0.717, 1.165) is 16.7 Å². The van der Waals surface area contributed by atoms with Gasteiger partial charge in [-0.25, -0.2) is 14.0 Å². The van der Waals surface area contributed by atoms with E-state index in [1.807, 2.05) is 19.1 Å². The van der Waals surface area contributed by atoms with E-state index in [1.165, 1.54) is 29.2 Å². The third-order valence-corrected chi connectivity index (χ3v) is 7.71. The number of ether oxygens (including phenoxy) is 3. The van der Waals surface area contributed by atoms with Gasteiger partial charge < -0.3 is 19.3 Å². The molecule has 0 unspecified atom stereocenters. The average molecular weight is 569 g/mol. The van der Waals surface area contributed by atoms with Gasteiger partial charge in [-0.05, 0) is 60.5 Å². The number of halogens is 2. The number of methoxy groups -OCH3 is 1. The molecule has 0 bridgehead atoms. The van der Waals surface area contributed by atoms with E-state index in [9.17, 15) is 19.1 Å². The molecular weight excluding hydrogens is 539 g/mol. The van der Waals surface area contributed by atoms with Crippen LogP contribution >= 0.6 is 11.6 Å². The molecule has 0 radical (unpaired) electrons. The molecule has 2 fully saturated rings. The fourth-order valence-corrected chi connectivity index (χ4v) is 5.65. The Morgan fingerprint density at radius 3 is 2.42 bits per heavy atom. The molecule has 0 atom stereocenters. The van der Waals surface area contributed by atoms with Crippen LogP contribution in [-0.2, 0) is 11.3 Å². The van der Waals surface area contributed by atoms with Crippen LogP contribution in [0.2, 0.25) is 5.02 Å². The lowest BCUT2D eigenvalue weighted by molar-refractivity contribution is -0.00101. The first-order valence-electron chi connectivity index (χ1n) is 13.1. The quantitative estimate of drug-likeness (QED) is 0.344. The molecule has 210 valence electrons. The van der Waals surface area contributed by atoms with Gasteiger partial charge in [0, 0.05) is 32.5 Å². The van der Waals surface area contributed by atoms with Crippen LogP contribution in [-0.4, -0.2) is 61.0 Å². The molecule has 40 heavy (non-hydrogen) atoms. The van der Waals surface area contributed by atoms with Crippen molar-refractivity contribution < 1.29 is 33.3 Å². The topological polar surface area (TPSA) is 88.5 Å². The van der Waals surface area contributed by atoms with Crippen molar-refractivity contribution in [2.75, 3.05) is 38.3 Å². The summed E-state index contributed by atoms with van der Waals surface area (Å²) in [5, 5.41) is 9.39.